The number of anilines is 1. The van der Waals surface area contributed by atoms with Gasteiger partial charge in [0.2, 0.25) is 5.76 Å². The fraction of sp³-hybridized carbons (Fsp3) is 0.167. The van der Waals surface area contributed by atoms with Crippen LogP contribution in [0.1, 0.15) is 46.0 Å². The number of carbonyl (C=O) groups is 1. The van der Waals surface area contributed by atoms with Gasteiger partial charge in [0.15, 0.2) is 22.7 Å². The molecule has 1 atom stereocenters. The minimum Gasteiger partial charge on any atom is -0.490 e. The summed E-state index contributed by atoms with van der Waals surface area (Å²) in [5.41, 5.74) is 1.86. The van der Waals surface area contributed by atoms with Crippen LogP contribution in [0.3, 0.4) is 0 Å². The molecule has 196 valence electrons. The Morgan fingerprint density at radius 2 is 1.77 bits per heavy atom. The van der Waals surface area contributed by atoms with Gasteiger partial charge in [0.1, 0.15) is 18.0 Å². The first-order valence-electron chi connectivity index (χ1n) is 12.4. The zero-order valence-corrected chi connectivity index (χ0v) is 21.9. The molecule has 1 aliphatic rings. The van der Waals surface area contributed by atoms with Crippen molar-refractivity contribution in [3.8, 4) is 11.5 Å². The van der Waals surface area contributed by atoms with Crippen molar-refractivity contribution in [2.75, 3.05) is 11.5 Å². The Morgan fingerprint density at radius 1 is 0.974 bits per heavy atom. The molecule has 3 heterocycles. The van der Waals surface area contributed by atoms with E-state index in [2.05, 4.69) is 5.16 Å². The van der Waals surface area contributed by atoms with E-state index in [4.69, 9.17) is 30.0 Å². The molecular weight excluding hydrogens is 520 g/mol. The van der Waals surface area contributed by atoms with E-state index in [1.54, 1.807) is 67.6 Å². The summed E-state index contributed by atoms with van der Waals surface area (Å²) in [6.45, 7) is 4.30. The summed E-state index contributed by atoms with van der Waals surface area (Å²) in [4.78, 5) is 28.9. The van der Waals surface area contributed by atoms with E-state index in [0.717, 1.165) is 5.56 Å². The number of rotatable bonds is 7. The summed E-state index contributed by atoms with van der Waals surface area (Å²) in [6, 6.07) is 20.4. The maximum Gasteiger partial charge on any atom is 0.296 e. The minimum atomic E-state index is -0.817. The highest BCUT2D eigenvalue weighted by Gasteiger charge is 2.45. The van der Waals surface area contributed by atoms with E-state index >= 15 is 0 Å². The molecule has 0 spiro atoms. The van der Waals surface area contributed by atoms with Crippen LogP contribution < -0.4 is 19.8 Å². The normalized spacial score (nSPS) is 14.6. The van der Waals surface area contributed by atoms with Crippen LogP contribution >= 0.6 is 11.6 Å². The Morgan fingerprint density at radius 3 is 2.51 bits per heavy atom. The molecule has 2 aromatic heterocycles. The van der Waals surface area contributed by atoms with Gasteiger partial charge in [0.25, 0.3) is 5.91 Å². The number of carbonyl (C=O) groups excluding carboxylic acids is 1. The molecule has 0 aliphatic carbocycles. The van der Waals surface area contributed by atoms with Crippen LogP contribution in [0.25, 0.3) is 11.0 Å². The van der Waals surface area contributed by atoms with Gasteiger partial charge in [-0.1, -0.05) is 47.1 Å². The Balaban J connectivity index is 1.46. The molecule has 8 nitrogen and oxygen atoms in total. The molecule has 0 saturated carbocycles. The highest BCUT2D eigenvalue weighted by Crippen LogP contribution is 2.43. The largest absolute Gasteiger partial charge is 0.490 e. The minimum absolute atomic E-state index is 0.0228. The van der Waals surface area contributed by atoms with E-state index in [1.165, 1.54) is 4.90 Å². The molecule has 1 amide bonds. The molecule has 0 unspecified atom stereocenters. The lowest BCUT2D eigenvalue weighted by molar-refractivity contribution is 0.0969. The number of halogens is 1. The van der Waals surface area contributed by atoms with Gasteiger partial charge in [0, 0.05) is 11.1 Å². The van der Waals surface area contributed by atoms with Crippen LogP contribution in [0, 0.1) is 6.92 Å². The third-order valence-corrected chi connectivity index (χ3v) is 6.78. The third-order valence-electron chi connectivity index (χ3n) is 6.53. The smallest absolute Gasteiger partial charge is 0.296 e. The van der Waals surface area contributed by atoms with E-state index in [-0.39, 0.29) is 22.6 Å². The number of benzene rings is 3. The van der Waals surface area contributed by atoms with E-state index < -0.39 is 11.9 Å². The van der Waals surface area contributed by atoms with Crippen molar-refractivity contribution < 1.29 is 23.2 Å². The number of fused-ring (bicyclic) bond motifs is 2. The summed E-state index contributed by atoms with van der Waals surface area (Å²) < 4.78 is 23.2. The number of hydrogen-bond donors (Lipinski definition) is 0. The highest BCUT2D eigenvalue weighted by molar-refractivity contribution is 6.30. The summed E-state index contributed by atoms with van der Waals surface area (Å²) in [5.74, 6) is 1.30. The lowest BCUT2D eigenvalue weighted by Gasteiger charge is -2.23. The lowest BCUT2D eigenvalue weighted by Crippen LogP contribution is -2.29. The second kappa shape index (κ2) is 9.96. The van der Waals surface area contributed by atoms with Gasteiger partial charge in [-0.3, -0.25) is 14.5 Å². The predicted molar refractivity (Wildman–Crippen MR) is 146 cm³/mol. The van der Waals surface area contributed by atoms with Crippen molar-refractivity contribution in [3.63, 3.8) is 0 Å². The van der Waals surface area contributed by atoms with E-state index in [1.807, 2.05) is 19.1 Å². The van der Waals surface area contributed by atoms with Crippen LogP contribution in [0.15, 0.2) is 86.5 Å². The summed E-state index contributed by atoms with van der Waals surface area (Å²) in [5, 5.41) is 5.11. The number of nitrogens with zero attached hydrogens (tertiary/aromatic N) is 2. The van der Waals surface area contributed by atoms with Gasteiger partial charge in [-0.15, -0.1) is 0 Å². The van der Waals surface area contributed by atoms with E-state index in [0.29, 0.717) is 52.0 Å². The van der Waals surface area contributed by atoms with Crippen molar-refractivity contribution >= 4 is 34.3 Å². The molecule has 5 aromatic rings. The number of para-hydroxylation sites is 1. The highest BCUT2D eigenvalue weighted by atomic mass is 35.5. The number of hydrogen-bond acceptors (Lipinski definition) is 7. The van der Waals surface area contributed by atoms with Crippen LogP contribution in [0.4, 0.5) is 5.82 Å². The molecule has 1 aliphatic heterocycles. The van der Waals surface area contributed by atoms with Gasteiger partial charge in [-0.05, 0) is 61.4 Å². The quantitative estimate of drug-likeness (QED) is 0.232. The first-order chi connectivity index (χ1) is 18.9. The molecule has 3 aromatic carbocycles. The standard InChI is InChI=1S/C30H23ClN2O6/c1-3-36-24-15-19(10-13-23(24)37-16-18-8-11-20(31)12-9-18)27-26-28(34)21-6-4-5-7-22(21)38-29(26)30(35)33(27)25-14-17(2)39-32-25/h4-15,27H,3,16H2,1-2H3/t27-/m1/s1. The van der Waals surface area contributed by atoms with Crippen molar-refractivity contribution in [2.24, 2.45) is 0 Å². The topological polar surface area (TPSA) is 95.0 Å². The maximum absolute atomic E-state index is 13.7. The second-order valence-corrected chi connectivity index (χ2v) is 9.53. The van der Waals surface area contributed by atoms with Crippen LogP contribution in [0.2, 0.25) is 5.02 Å². The number of aryl methyl sites for hydroxylation is 1. The molecule has 0 bridgehead atoms. The SMILES string of the molecule is CCOc1cc([C@@H]2c3c(oc4ccccc4c3=O)C(=O)N2c2cc(C)on2)ccc1OCc1ccc(Cl)cc1. The lowest BCUT2D eigenvalue weighted by atomic mass is 9.98. The van der Waals surface area contributed by atoms with Crippen molar-refractivity contribution in [1.29, 1.82) is 0 Å². The van der Waals surface area contributed by atoms with E-state index in [9.17, 15) is 9.59 Å². The monoisotopic (exact) mass is 542 g/mol. The summed E-state index contributed by atoms with van der Waals surface area (Å²) in [6.07, 6.45) is 0. The maximum atomic E-state index is 13.7. The third kappa shape index (κ3) is 4.42. The van der Waals surface area contributed by atoms with Gasteiger partial charge in [-0.25, -0.2) is 0 Å². The molecule has 0 fully saturated rings. The molecule has 39 heavy (non-hydrogen) atoms. The van der Waals surface area contributed by atoms with Gasteiger partial charge in [0.05, 0.1) is 23.6 Å². The number of ether oxygens (including phenoxy) is 2. The van der Waals surface area contributed by atoms with Crippen molar-refractivity contribution in [1.82, 2.24) is 5.16 Å². The molecule has 6 rings (SSSR count). The van der Waals surface area contributed by atoms with Crippen LogP contribution in [0.5, 0.6) is 11.5 Å². The second-order valence-electron chi connectivity index (χ2n) is 9.10. The Kier molecular flexibility index (Phi) is 6.32. The molecule has 9 heteroatoms. The molecule has 0 saturated heterocycles. The summed E-state index contributed by atoms with van der Waals surface area (Å²) >= 11 is 5.99. The Hall–Kier alpha value is -4.56. The average Bonchev–Trinajstić information content (AvgIpc) is 3.49. The zero-order valence-electron chi connectivity index (χ0n) is 21.1. The molecule has 0 N–H and O–H groups in total. The van der Waals surface area contributed by atoms with Crippen molar-refractivity contribution in [3.05, 3.63) is 116 Å². The average molecular weight is 543 g/mol. The number of amides is 1. The molecule has 0 radical (unpaired) electrons. The fourth-order valence-corrected chi connectivity index (χ4v) is 4.89. The Bertz CT molecular complexity index is 1760. The summed E-state index contributed by atoms with van der Waals surface area (Å²) in [7, 11) is 0. The first kappa shape index (κ1) is 24.8. The van der Waals surface area contributed by atoms with Gasteiger partial charge in [-0.2, -0.15) is 0 Å². The fourth-order valence-electron chi connectivity index (χ4n) is 4.76. The molecular formula is C30H23ClN2O6. The van der Waals surface area contributed by atoms with Crippen molar-refractivity contribution in [2.45, 2.75) is 26.5 Å². The number of aromatic nitrogens is 1. The Labute approximate surface area is 228 Å². The predicted octanol–water partition coefficient (Wildman–Crippen LogP) is 6.47. The zero-order chi connectivity index (χ0) is 27.1. The van der Waals surface area contributed by atoms with Gasteiger partial charge < -0.3 is 18.4 Å². The first-order valence-corrected chi connectivity index (χ1v) is 12.8. The van der Waals surface area contributed by atoms with Gasteiger partial charge >= 0.3 is 0 Å². The van der Waals surface area contributed by atoms with Crippen LogP contribution in [-0.2, 0) is 6.61 Å². The van der Waals surface area contributed by atoms with Crippen LogP contribution in [-0.4, -0.2) is 17.7 Å².